The summed E-state index contributed by atoms with van der Waals surface area (Å²) < 4.78 is 13.6. The van der Waals surface area contributed by atoms with Crippen LogP contribution < -0.4 is 9.47 Å². The minimum Gasteiger partial charge on any atom is -0.497 e. The molecule has 7 heteroatoms. The lowest BCUT2D eigenvalue weighted by molar-refractivity contribution is 0.0391. The van der Waals surface area contributed by atoms with Crippen molar-refractivity contribution >= 4 is 40.8 Å². The van der Waals surface area contributed by atoms with E-state index in [0.717, 1.165) is 0 Å². The molecule has 0 aliphatic carbocycles. The van der Waals surface area contributed by atoms with Crippen LogP contribution in [-0.2, 0) is 4.74 Å². The molecule has 4 nitrogen and oxygen atoms in total. The first-order valence-corrected chi connectivity index (χ1v) is 6.05. The molecule has 0 saturated heterocycles. The summed E-state index contributed by atoms with van der Waals surface area (Å²) in [6.07, 6.45) is -0.995. The maximum absolute atomic E-state index is 11.7. The Balaban J connectivity index is 2.62. The molecule has 0 bridgehead atoms. The first-order chi connectivity index (χ1) is 8.38. The molecule has 0 amide bonds. The average Bonchev–Trinajstić information content (AvgIpc) is 2.65. The Hall–Kier alpha value is -0.840. The SMILES string of the molecule is COc1cc(OC)c2c(c1)C(=O)O[C@@H]2C(Cl)(Cl)Cl. The van der Waals surface area contributed by atoms with Crippen LogP contribution in [0.4, 0.5) is 0 Å². The molecule has 0 spiro atoms. The highest BCUT2D eigenvalue weighted by atomic mass is 35.6. The Morgan fingerprint density at radius 1 is 1.22 bits per heavy atom. The summed E-state index contributed by atoms with van der Waals surface area (Å²) in [7, 11) is 2.93. The van der Waals surface area contributed by atoms with Crippen LogP contribution >= 0.6 is 34.8 Å². The van der Waals surface area contributed by atoms with Gasteiger partial charge in [0.1, 0.15) is 11.5 Å². The van der Waals surface area contributed by atoms with E-state index in [0.29, 0.717) is 17.1 Å². The summed E-state index contributed by atoms with van der Waals surface area (Å²) >= 11 is 17.4. The average molecular weight is 312 g/mol. The zero-order valence-electron chi connectivity index (χ0n) is 9.50. The minimum absolute atomic E-state index is 0.280. The fourth-order valence-electron chi connectivity index (χ4n) is 1.79. The number of cyclic esters (lactones) is 1. The van der Waals surface area contributed by atoms with Gasteiger partial charge in [-0.3, -0.25) is 0 Å². The van der Waals surface area contributed by atoms with E-state index in [9.17, 15) is 4.79 Å². The lowest BCUT2D eigenvalue weighted by atomic mass is 10.0. The second kappa shape index (κ2) is 4.68. The molecule has 0 aromatic heterocycles. The summed E-state index contributed by atoms with van der Waals surface area (Å²) in [6.45, 7) is 0. The zero-order valence-corrected chi connectivity index (χ0v) is 11.8. The second-order valence-corrected chi connectivity index (χ2v) is 5.99. The van der Waals surface area contributed by atoms with Gasteiger partial charge in [-0.1, -0.05) is 34.8 Å². The van der Waals surface area contributed by atoms with Crippen LogP contribution in [0.2, 0.25) is 0 Å². The van der Waals surface area contributed by atoms with E-state index in [4.69, 9.17) is 49.0 Å². The second-order valence-electron chi connectivity index (χ2n) is 3.62. The largest absolute Gasteiger partial charge is 0.497 e. The van der Waals surface area contributed by atoms with E-state index >= 15 is 0 Å². The van der Waals surface area contributed by atoms with Crippen molar-refractivity contribution in [3.05, 3.63) is 23.3 Å². The number of carbonyl (C=O) groups is 1. The van der Waals surface area contributed by atoms with Crippen molar-refractivity contribution in [1.29, 1.82) is 0 Å². The third kappa shape index (κ3) is 2.20. The van der Waals surface area contributed by atoms with E-state index < -0.39 is 15.9 Å². The lowest BCUT2D eigenvalue weighted by Gasteiger charge is -2.20. The molecule has 1 aromatic rings. The predicted octanol–water partition coefficient (Wildman–Crippen LogP) is 3.29. The number of benzene rings is 1. The van der Waals surface area contributed by atoms with Gasteiger partial charge in [-0.05, 0) is 6.07 Å². The summed E-state index contributed by atoms with van der Waals surface area (Å²) in [4.78, 5) is 11.7. The van der Waals surface area contributed by atoms with Crippen LogP contribution in [0.15, 0.2) is 12.1 Å². The highest BCUT2D eigenvalue weighted by molar-refractivity contribution is 6.68. The number of hydrogen-bond donors (Lipinski definition) is 0. The van der Waals surface area contributed by atoms with Crippen LogP contribution in [0.3, 0.4) is 0 Å². The number of rotatable bonds is 2. The van der Waals surface area contributed by atoms with Gasteiger partial charge in [0.15, 0.2) is 6.10 Å². The van der Waals surface area contributed by atoms with E-state index in [2.05, 4.69) is 0 Å². The van der Waals surface area contributed by atoms with Gasteiger partial charge in [0.25, 0.3) is 0 Å². The number of alkyl halides is 3. The first kappa shape index (κ1) is 13.6. The molecule has 1 aliphatic rings. The molecular formula is C11H9Cl3O4. The van der Waals surface area contributed by atoms with Crippen molar-refractivity contribution in [2.45, 2.75) is 9.90 Å². The molecule has 1 aromatic carbocycles. The van der Waals surface area contributed by atoms with Gasteiger partial charge in [-0.2, -0.15) is 0 Å². The molecule has 98 valence electrons. The third-order valence-electron chi connectivity index (χ3n) is 2.58. The fraction of sp³-hybridized carbons (Fsp3) is 0.364. The van der Waals surface area contributed by atoms with Crippen molar-refractivity contribution < 1.29 is 19.0 Å². The van der Waals surface area contributed by atoms with Crippen LogP contribution in [0.1, 0.15) is 22.0 Å². The van der Waals surface area contributed by atoms with Crippen molar-refractivity contribution in [2.75, 3.05) is 14.2 Å². The number of ether oxygens (including phenoxy) is 3. The smallest absolute Gasteiger partial charge is 0.339 e. The minimum atomic E-state index is -1.76. The molecular weight excluding hydrogens is 302 g/mol. The quantitative estimate of drug-likeness (QED) is 0.621. The third-order valence-corrected chi connectivity index (χ3v) is 3.17. The Labute approximate surface area is 119 Å². The topological polar surface area (TPSA) is 44.8 Å². The van der Waals surface area contributed by atoms with E-state index in [1.807, 2.05) is 0 Å². The van der Waals surface area contributed by atoms with Crippen LogP contribution in [0, 0.1) is 0 Å². The predicted molar refractivity (Wildman–Crippen MR) is 68.0 cm³/mol. The van der Waals surface area contributed by atoms with Crippen molar-refractivity contribution in [2.24, 2.45) is 0 Å². The van der Waals surface area contributed by atoms with Gasteiger partial charge in [0, 0.05) is 6.07 Å². The van der Waals surface area contributed by atoms with Crippen LogP contribution in [-0.4, -0.2) is 24.0 Å². The first-order valence-electron chi connectivity index (χ1n) is 4.92. The molecule has 0 N–H and O–H groups in total. The number of methoxy groups -OCH3 is 2. The Morgan fingerprint density at radius 2 is 1.89 bits per heavy atom. The van der Waals surface area contributed by atoms with Gasteiger partial charge in [-0.15, -0.1) is 0 Å². The van der Waals surface area contributed by atoms with E-state index in [-0.39, 0.29) is 5.56 Å². The Bertz CT molecular complexity index is 496. The molecule has 0 saturated carbocycles. The molecule has 1 atom stereocenters. The van der Waals surface area contributed by atoms with Crippen LogP contribution in [0.5, 0.6) is 11.5 Å². The van der Waals surface area contributed by atoms with Gasteiger partial charge >= 0.3 is 5.97 Å². The maximum atomic E-state index is 11.7. The van der Waals surface area contributed by atoms with E-state index in [1.54, 1.807) is 6.07 Å². The number of fused-ring (bicyclic) bond motifs is 1. The Kier molecular flexibility index (Phi) is 3.54. The molecule has 0 fully saturated rings. The van der Waals surface area contributed by atoms with Crippen LogP contribution in [0.25, 0.3) is 0 Å². The fourth-order valence-corrected chi connectivity index (χ4v) is 2.25. The standard InChI is InChI=1S/C11H9Cl3O4/c1-16-5-3-6-8(7(4-5)17-2)9(11(12,13)14)18-10(6)15/h3-4,9H,1-2H3/t9-/m0/s1. The van der Waals surface area contributed by atoms with Crippen molar-refractivity contribution in [1.82, 2.24) is 0 Å². The summed E-state index contributed by atoms with van der Waals surface area (Å²) in [5, 5.41) is 0. The van der Waals surface area contributed by atoms with Gasteiger partial charge in [-0.25, -0.2) is 4.79 Å². The molecule has 18 heavy (non-hydrogen) atoms. The molecule has 2 rings (SSSR count). The normalized spacial score (nSPS) is 18.3. The van der Waals surface area contributed by atoms with E-state index in [1.165, 1.54) is 20.3 Å². The Morgan fingerprint density at radius 3 is 2.39 bits per heavy atom. The van der Waals surface area contributed by atoms with Gasteiger partial charge in [0.2, 0.25) is 3.79 Å². The molecule has 1 aliphatic heterocycles. The monoisotopic (exact) mass is 310 g/mol. The molecule has 0 unspecified atom stereocenters. The summed E-state index contributed by atoms with van der Waals surface area (Å²) in [5.74, 6) is 0.276. The number of carbonyl (C=O) groups excluding carboxylic acids is 1. The lowest BCUT2D eigenvalue weighted by Crippen LogP contribution is -2.17. The summed E-state index contributed by atoms with van der Waals surface area (Å²) in [5.41, 5.74) is 0.700. The number of hydrogen-bond acceptors (Lipinski definition) is 4. The summed E-state index contributed by atoms with van der Waals surface area (Å²) in [6, 6.07) is 3.13. The van der Waals surface area contributed by atoms with Crippen molar-refractivity contribution in [3.63, 3.8) is 0 Å². The number of esters is 1. The van der Waals surface area contributed by atoms with Gasteiger partial charge < -0.3 is 14.2 Å². The van der Waals surface area contributed by atoms with Crippen molar-refractivity contribution in [3.8, 4) is 11.5 Å². The number of halogens is 3. The van der Waals surface area contributed by atoms with Gasteiger partial charge in [0.05, 0.1) is 25.3 Å². The highest BCUT2D eigenvalue weighted by Gasteiger charge is 2.46. The highest BCUT2D eigenvalue weighted by Crippen LogP contribution is 2.51. The maximum Gasteiger partial charge on any atom is 0.339 e. The molecule has 0 radical (unpaired) electrons. The zero-order chi connectivity index (χ0) is 13.5. The molecule has 1 heterocycles.